The van der Waals surface area contributed by atoms with Crippen LogP contribution in [0.25, 0.3) is 5.69 Å². The summed E-state index contributed by atoms with van der Waals surface area (Å²) in [6, 6.07) is 12.0. The van der Waals surface area contributed by atoms with Crippen LogP contribution < -0.4 is 9.47 Å². The summed E-state index contributed by atoms with van der Waals surface area (Å²) in [6.45, 7) is -1.20. The molecule has 136 valence electrons. The molecule has 0 bridgehead atoms. The van der Waals surface area contributed by atoms with Crippen LogP contribution in [0.3, 0.4) is 0 Å². The third-order valence-electron chi connectivity index (χ3n) is 3.75. The monoisotopic (exact) mass is 361 g/mol. The molecule has 8 heteroatoms. The van der Waals surface area contributed by atoms with Crippen molar-refractivity contribution in [1.82, 2.24) is 14.8 Å². The fourth-order valence-electron chi connectivity index (χ4n) is 2.41. The van der Waals surface area contributed by atoms with Gasteiger partial charge in [0.25, 0.3) is 0 Å². The van der Waals surface area contributed by atoms with Gasteiger partial charge in [-0.2, -0.15) is 8.78 Å². The van der Waals surface area contributed by atoms with Gasteiger partial charge in [0.1, 0.15) is 31.0 Å². The molecule has 0 atom stereocenters. The van der Waals surface area contributed by atoms with E-state index in [0.29, 0.717) is 17.1 Å². The van der Waals surface area contributed by atoms with Crippen molar-refractivity contribution < 1.29 is 23.4 Å². The smallest absolute Gasteiger partial charge is 0.387 e. The summed E-state index contributed by atoms with van der Waals surface area (Å²) in [5, 5.41) is 13.1. The molecule has 0 fully saturated rings. The molecular weight excluding hydrogens is 344 g/mol. The normalized spacial score (nSPS) is 11.0. The average molecular weight is 361 g/mol. The van der Waals surface area contributed by atoms with E-state index in [-0.39, 0.29) is 19.0 Å². The summed E-state index contributed by atoms with van der Waals surface area (Å²) < 4.78 is 36.9. The van der Waals surface area contributed by atoms with Crippen LogP contribution in [0, 0.1) is 6.92 Å². The highest BCUT2D eigenvalue weighted by molar-refractivity contribution is 5.40. The molecule has 0 saturated carbocycles. The second kappa shape index (κ2) is 7.92. The topological polar surface area (TPSA) is 69.4 Å². The van der Waals surface area contributed by atoms with Gasteiger partial charge in [-0.3, -0.25) is 0 Å². The highest BCUT2D eigenvalue weighted by Gasteiger charge is 2.12. The van der Waals surface area contributed by atoms with Gasteiger partial charge in [0, 0.05) is 5.56 Å². The first-order chi connectivity index (χ1) is 12.6. The van der Waals surface area contributed by atoms with Crippen molar-refractivity contribution in [3.8, 4) is 17.2 Å². The lowest BCUT2D eigenvalue weighted by Gasteiger charge is -2.14. The largest absolute Gasteiger partial charge is 0.489 e. The Morgan fingerprint density at radius 1 is 1.15 bits per heavy atom. The lowest BCUT2D eigenvalue weighted by Crippen LogP contribution is -2.07. The van der Waals surface area contributed by atoms with E-state index in [2.05, 4.69) is 14.8 Å². The molecule has 2 aromatic carbocycles. The zero-order chi connectivity index (χ0) is 18.5. The molecule has 0 aliphatic carbocycles. The summed E-state index contributed by atoms with van der Waals surface area (Å²) in [7, 11) is 0. The van der Waals surface area contributed by atoms with Crippen LogP contribution in [-0.2, 0) is 13.2 Å². The van der Waals surface area contributed by atoms with Crippen LogP contribution in [-0.4, -0.2) is 26.5 Å². The van der Waals surface area contributed by atoms with E-state index in [0.717, 1.165) is 11.3 Å². The minimum atomic E-state index is -2.89. The third kappa shape index (κ3) is 4.15. The summed E-state index contributed by atoms with van der Waals surface area (Å²) in [4.78, 5) is 3.95. The van der Waals surface area contributed by atoms with Crippen molar-refractivity contribution in [3.63, 3.8) is 0 Å². The molecule has 0 aliphatic heterocycles. The lowest BCUT2D eigenvalue weighted by atomic mass is 10.1. The first-order valence-electron chi connectivity index (χ1n) is 7.84. The molecule has 0 spiro atoms. The molecule has 26 heavy (non-hydrogen) atoms. The number of hydrogen-bond donors (Lipinski definition) is 1. The van der Waals surface area contributed by atoms with E-state index < -0.39 is 6.61 Å². The molecule has 1 N–H and O–H groups in total. The number of aliphatic hydroxyl groups excluding tert-OH is 1. The van der Waals surface area contributed by atoms with Crippen molar-refractivity contribution in [2.45, 2.75) is 26.7 Å². The maximum Gasteiger partial charge on any atom is 0.387 e. The van der Waals surface area contributed by atoms with Gasteiger partial charge in [0.05, 0.1) is 5.69 Å². The van der Waals surface area contributed by atoms with Gasteiger partial charge in [0.2, 0.25) is 0 Å². The second-order valence-electron chi connectivity index (χ2n) is 5.48. The van der Waals surface area contributed by atoms with Gasteiger partial charge >= 0.3 is 6.61 Å². The van der Waals surface area contributed by atoms with Crippen molar-refractivity contribution in [2.75, 3.05) is 0 Å². The highest BCUT2D eigenvalue weighted by atomic mass is 19.3. The van der Waals surface area contributed by atoms with Gasteiger partial charge < -0.3 is 14.6 Å². The van der Waals surface area contributed by atoms with E-state index in [9.17, 15) is 8.78 Å². The van der Waals surface area contributed by atoms with Crippen LogP contribution in [0.5, 0.6) is 11.5 Å². The number of benzene rings is 2. The van der Waals surface area contributed by atoms with Crippen LogP contribution in [0.1, 0.15) is 17.0 Å². The number of hydrogen-bond acceptors (Lipinski definition) is 5. The van der Waals surface area contributed by atoms with Crippen molar-refractivity contribution in [2.24, 2.45) is 0 Å². The Balaban J connectivity index is 1.71. The standard InChI is InChI=1S/C18H17F2N3O3/c1-12-3-2-4-16(26-18(19)20)15(12)10-25-14-7-5-13(6-8-14)23-11-21-17(9-24)22-23/h2-8,11,18,24H,9-10H2,1H3. The number of nitrogens with zero attached hydrogens (tertiary/aromatic N) is 3. The fourth-order valence-corrected chi connectivity index (χ4v) is 2.41. The van der Waals surface area contributed by atoms with Crippen LogP contribution in [0.2, 0.25) is 0 Å². The zero-order valence-corrected chi connectivity index (χ0v) is 14.0. The summed E-state index contributed by atoms with van der Waals surface area (Å²) in [5.41, 5.74) is 2.13. The van der Waals surface area contributed by atoms with E-state index in [4.69, 9.17) is 9.84 Å². The minimum Gasteiger partial charge on any atom is -0.489 e. The van der Waals surface area contributed by atoms with Gasteiger partial charge in [-0.15, -0.1) is 5.10 Å². The van der Waals surface area contributed by atoms with Crippen LogP contribution in [0.15, 0.2) is 48.8 Å². The second-order valence-corrected chi connectivity index (χ2v) is 5.48. The van der Waals surface area contributed by atoms with Gasteiger partial charge in [-0.1, -0.05) is 12.1 Å². The molecule has 3 rings (SSSR count). The Labute approximate surface area is 148 Å². The van der Waals surface area contributed by atoms with Crippen molar-refractivity contribution in [3.05, 3.63) is 65.7 Å². The third-order valence-corrected chi connectivity index (χ3v) is 3.75. The van der Waals surface area contributed by atoms with Gasteiger partial charge in [-0.05, 0) is 42.8 Å². The molecule has 3 aromatic rings. The Kier molecular flexibility index (Phi) is 5.43. The molecule has 1 aromatic heterocycles. The summed E-state index contributed by atoms with van der Waals surface area (Å²) in [6.07, 6.45) is 1.50. The molecule has 0 saturated heterocycles. The number of aryl methyl sites for hydroxylation is 1. The van der Waals surface area contributed by atoms with E-state index in [1.54, 1.807) is 30.3 Å². The molecule has 6 nitrogen and oxygen atoms in total. The Morgan fingerprint density at radius 2 is 1.92 bits per heavy atom. The van der Waals surface area contributed by atoms with E-state index in [1.165, 1.54) is 17.1 Å². The molecule has 0 unspecified atom stereocenters. The number of ether oxygens (including phenoxy) is 2. The molecule has 0 aliphatic rings. The number of alkyl halides is 2. The maximum absolute atomic E-state index is 12.5. The number of aliphatic hydroxyl groups is 1. The average Bonchev–Trinajstić information content (AvgIpc) is 3.10. The fraction of sp³-hybridized carbons (Fsp3) is 0.222. The lowest BCUT2D eigenvalue weighted by molar-refractivity contribution is -0.0508. The van der Waals surface area contributed by atoms with Crippen molar-refractivity contribution >= 4 is 0 Å². The van der Waals surface area contributed by atoms with E-state index in [1.807, 2.05) is 13.0 Å². The summed E-state index contributed by atoms with van der Waals surface area (Å²) >= 11 is 0. The minimum absolute atomic E-state index is 0.103. The maximum atomic E-state index is 12.5. The molecule has 1 heterocycles. The number of halogens is 2. The first kappa shape index (κ1) is 17.8. The Bertz CT molecular complexity index is 866. The highest BCUT2D eigenvalue weighted by Crippen LogP contribution is 2.26. The van der Waals surface area contributed by atoms with Crippen LogP contribution in [0.4, 0.5) is 8.78 Å². The SMILES string of the molecule is Cc1cccc(OC(F)F)c1COc1ccc(-n2cnc(CO)n2)cc1. The number of aromatic nitrogens is 3. The number of rotatable bonds is 7. The van der Waals surface area contributed by atoms with Gasteiger partial charge in [0.15, 0.2) is 5.82 Å². The van der Waals surface area contributed by atoms with Gasteiger partial charge in [-0.25, -0.2) is 9.67 Å². The summed E-state index contributed by atoms with van der Waals surface area (Å²) in [5.74, 6) is 1.01. The predicted molar refractivity (Wildman–Crippen MR) is 89.4 cm³/mol. The van der Waals surface area contributed by atoms with Crippen molar-refractivity contribution in [1.29, 1.82) is 0 Å². The Hall–Kier alpha value is -3.00. The predicted octanol–water partition coefficient (Wildman–Crippen LogP) is 3.25. The molecular formula is C18H17F2N3O3. The molecule has 0 amide bonds. The zero-order valence-electron chi connectivity index (χ0n) is 14.0. The molecule has 0 radical (unpaired) electrons. The first-order valence-corrected chi connectivity index (χ1v) is 7.84. The quantitative estimate of drug-likeness (QED) is 0.700. The Morgan fingerprint density at radius 3 is 2.58 bits per heavy atom. The van der Waals surface area contributed by atoms with E-state index >= 15 is 0 Å². The van der Waals surface area contributed by atoms with Crippen LogP contribution >= 0.6 is 0 Å².